The average Bonchev–Trinajstić information content (AvgIpc) is 2.07. The molecule has 1 atom stereocenters. The Bertz CT molecular complexity index is 228. The molecule has 1 heterocycles. The number of primary amides is 1. The van der Waals surface area contributed by atoms with Crippen LogP contribution >= 0.6 is 0 Å². The first-order valence-electron chi connectivity index (χ1n) is 5.07. The normalized spacial score (nSPS) is 21.2. The standard InChI is InChI=1S/C10H18N2O2/c1-7(2)9(10(11)14)12-5-3-8(13)4-6-12/h7,9H,3-6H2,1-2H3,(H2,11,14). The Kier molecular flexibility index (Phi) is 3.63. The fourth-order valence-corrected chi connectivity index (χ4v) is 1.98. The van der Waals surface area contributed by atoms with Crippen molar-refractivity contribution in [3.8, 4) is 0 Å². The molecular weight excluding hydrogens is 180 g/mol. The Hall–Kier alpha value is -0.900. The number of carbonyl (C=O) groups is 2. The van der Waals surface area contributed by atoms with Gasteiger partial charge in [0.25, 0.3) is 0 Å². The minimum Gasteiger partial charge on any atom is -0.368 e. The van der Waals surface area contributed by atoms with Crippen molar-refractivity contribution in [2.75, 3.05) is 13.1 Å². The number of carbonyl (C=O) groups excluding carboxylic acids is 2. The molecule has 0 saturated carbocycles. The van der Waals surface area contributed by atoms with E-state index in [0.29, 0.717) is 25.9 Å². The van der Waals surface area contributed by atoms with Gasteiger partial charge in [-0.2, -0.15) is 0 Å². The molecule has 1 saturated heterocycles. The van der Waals surface area contributed by atoms with E-state index < -0.39 is 0 Å². The molecule has 0 spiro atoms. The van der Waals surface area contributed by atoms with Gasteiger partial charge >= 0.3 is 0 Å². The number of nitrogens with zero attached hydrogens (tertiary/aromatic N) is 1. The lowest BCUT2D eigenvalue weighted by Crippen LogP contribution is -2.51. The monoisotopic (exact) mass is 198 g/mol. The number of ketones is 1. The zero-order valence-corrected chi connectivity index (χ0v) is 8.82. The highest BCUT2D eigenvalue weighted by Gasteiger charge is 2.29. The summed E-state index contributed by atoms with van der Waals surface area (Å²) in [6, 6.07) is -0.219. The molecule has 1 amide bonds. The van der Waals surface area contributed by atoms with Gasteiger partial charge in [-0.3, -0.25) is 14.5 Å². The maximum atomic E-state index is 11.2. The molecule has 14 heavy (non-hydrogen) atoms. The van der Waals surface area contributed by atoms with Gasteiger partial charge in [0, 0.05) is 25.9 Å². The van der Waals surface area contributed by atoms with Gasteiger partial charge in [0.05, 0.1) is 6.04 Å². The lowest BCUT2D eigenvalue weighted by molar-refractivity contribution is -0.129. The minimum atomic E-state index is -0.283. The van der Waals surface area contributed by atoms with Crippen LogP contribution in [0.5, 0.6) is 0 Å². The third-order valence-corrected chi connectivity index (χ3v) is 2.67. The van der Waals surface area contributed by atoms with E-state index >= 15 is 0 Å². The molecule has 80 valence electrons. The molecule has 0 aliphatic carbocycles. The summed E-state index contributed by atoms with van der Waals surface area (Å²) < 4.78 is 0. The quantitative estimate of drug-likeness (QED) is 0.702. The van der Waals surface area contributed by atoms with Crippen LogP contribution in [-0.4, -0.2) is 35.7 Å². The van der Waals surface area contributed by atoms with Crippen LogP contribution in [0.3, 0.4) is 0 Å². The van der Waals surface area contributed by atoms with Gasteiger partial charge in [0.1, 0.15) is 5.78 Å². The second-order valence-electron chi connectivity index (χ2n) is 4.17. The highest BCUT2D eigenvalue weighted by molar-refractivity contribution is 5.82. The molecule has 1 rings (SSSR count). The number of likely N-dealkylation sites (tertiary alicyclic amines) is 1. The summed E-state index contributed by atoms with van der Waals surface area (Å²) in [5, 5.41) is 0. The van der Waals surface area contributed by atoms with Crippen molar-refractivity contribution in [1.29, 1.82) is 0 Å². The predicted octanol–water partition coefficient (Wildman–Crippen LogP) is 0.161. The lowest BCUT2D eigenvalue weighted by Gasteiger charge is -2.34. The number of piperidine rings is 1. The maximum absolute atomic E-state index is 11.2. The van der Waals surface area contributed by atoms with Crippen LogP contribution in [0.4, 0.5) is 0 Å². The Morgan fingerprint density at radius 1 is 1.36 bits per heavy atom. The van der Waals surface area contributed by atoms with Gasteiger partial charge < -0.3 is 5.73 Å². The fourth-order valence-electron chi connectivity index (χ4n) is 1.98. The zero-order valence-electron chi connectivity index (χ0n) is 8.82. The van der Waals surface area contributed by atoms with E-state index in [9.17, 15) is 9.59 Å². The van der Waals surface area contributed by atoms with Gasteiger partial charge in [-0.15, -0.1) is 0 Å². The average molecular weight is 198 g/mol. The van der Waals surface area contributed by atoms with E-state index in [2.05, 4.69) is 0 Å². The first-order chi connectivity index (χ1) is 6.52. The second kappa shape index (κ2) is 4.55. The van der Waals surface area contributed by atoms with Crippen molar-refractivity contribution >= 4 is 11.7 Å². The minimum absolute atomic E-state index is 0.209. The van der Waals surface area contributed by atoms with Crippen molar-refractivity contribution in [1.82, 2.24) is 4.90 Å². The zero-order chi connectivity index (χ0) is 10.7. The van der Waals surface area contributed by atoms with Crippen LogP contribution in [0.25, 0.3) is 0 Å². The Morgan fingerprint density at radius 2 is 1.86 bits per heavy atom. The Balaban J connectivity index is 2.61. The maximum Gasteiger partial charge on any atom is 0.235 e. The summed E-state index contributed by atoms with van der Waals surface area (Å²) in [7, 11) is 0. The molecule has 1 aliphatic heterocycles. The molecule has 0 bridgehead atoms. The van der Waals surface area contributed by atoms with E-state index in [-0.39, 0.29) is 23.7 Å². The molecule has 0 radical (unpaired) electrons. The third kappa shape index (κ3) is 2.54. The Labute approximate surface area is 84.4 Å². The number of amides is 1. The highest BCUT2D eigenvalue weighted by atomic mass is 16.1. The third-order valence-electron chi connectivity index (χ3n) is 2.67. The molecule has 4 heteroatoms. The van der Waals surface area contributed by atoms with Crippen LogP contribution in [0.15, 0.2) is 0 Å². The number of Topliss-reactive ketones (excluding diaryl/α,β-unsaturated/α-hetero) is 1. The fraction of sp³-hybridized carbons (Fsp3) is 0.800. The number of hydrogen-bond donors (Lipinski definition) is 1. The van der Waals surface area contributed by atoms with Gasteiger partial charge in [-0.25, -0.2) is 0 Å². The predicted molar refractivity (Wildman–Crippen MR) is 53.6 cm³/mol. The summed E-state index contributed by atoms with van der Waals surface area (Å²) >= 11 is 0. The van der Waals surface area contributed by atoms with Crippen molar-refractivity contribution < 1.29 is 9.59 Å². The van der Waals surface area contributed by atoms with Crippen molar-refractivity contribution in [3.63, 3.8) is 0 Å². The van der Waals surface area contributed by atoms with Crippen LogP contribution < -0.4 is 5.73 Å². The number of nitrogens with two attached hydrogens (primary N) is 1. The first-order valence-corrected chi connectivity index (χ1v) is 5.07. The molecule has 0 aromatic carbocycles. The van der Waals surface area contributed by atoms with Crippen LogP contribution in [0.1, 0.15) is 26.7 Å². The number of rotatable bonds is 3. The molecule has 0 aromatic heterocycles. The van der Waals surface area contributed by atoms with Gasteiger partial charge in [-0.1, -0.05) is 13.8 Å². The van der Waals surface area contributed by atoms with Gasteiger partial charge in [0.15, 0.2) is 0 Å². The summed E-state index contributed by atoms with van der Waals surface area (Å²) in [6.07, 6.45) is 1.10. The van der Waals surface area contributed by atoms with Crippen LogP contribution in [0, 0.1) is 5.92 Å². The van der Waals surface area contributed by atoms with Crippen LogP contribution in [0.2, 0.25) is 0 Å². The highest BCUT2D eigenvalue weighted by Crippen LogP contribution is 2.15. The summed E-state index contributed by atoms with van der Waals surface area (Å²) in [4.78, 5) is 24.3. The number of hydrogen-bond acceptors (Lipinski definition) is 3. The summed E-state index contributed by atoms with van der Waals surface area (Å²) in [6.45, 7) is 5.30. The van der Waals surface area contributed by atoms with Gasteiger partial charge in [0.2, 0.25) is 5.91 Å². The van der Waals surface area contributed by atoms with Crippen molar-refractivity contribution in [2.24, 2.45) is 11.7 Å². The summed E-state index contributed by atoms with van der Waals surface area (Å²) in [5.74, 6) is 0.211. The van der Waals surface area contributed by atoms with Crippen LogP contribution in [-0.2, 0) is 9.59 Å². The van der Waals surface area contributed by atoms with E-state index in [1.165, 1.54) is 0 Å². The molecule has 1 fully saturated rings. The molecule has 4 nitrogen and oxygen atoms in total. The topological polar surface area (TPSA) is 63.4 Å². The molecule has 2 N–H and O–H groups in total. The molecule has 1 aliphatic rings. The largest absolute Gasteiger partial charge is 0.368 e. The summed E-state index contributed by atoms with van der Waals surface area (Å²) in [5.41, 5.74) is 5.34. The van der Waals surface area contributed by atoms with Crippen molar-refractivity contribution in [2.45, 2.75) is 32.7 Å². The molecular formula is C10H18N2O2. The Morgan fingerprint density at radius 3 is 2.21 bits per heavy atom. The smallest absolute Gasteiger partial charge is 0.235 e. The SMILES string of the molecule is CC(C)C(C(N)=O)N1CCC(=O)CC1. The molecule has 0 aromatic rings. The van der Waals surface area contributed by atoms with E-state index in [4.69, 9.17) is 5.73 Å². The van der Waals surface area contributed by atoms with Crippen molar-refractivity contribution in [3.05, 3.63) is 0 Å². The molecule has 1 unspecified atom stereocenters. The lowest BCUT2D eigenvalue weighted by atomic mass is 9.98. The van der Waals surface area contributed by atoms with E-state index in [1.807, 2.05) is 18.7 Å². The van der Waals surface area contributed by atoms with E-state index in [1.54, 1.807) is 0 Å². The second-order valence-corrected chi connectivity index (χ2v) is 4.17. The van der Waals surface area contributed by atoms with Gasteiger partial charge in [-0.05, 0) is 5.92 Å². The first kappa shape index (κ1) is 11.2. The van der Waals surface area contributed by atoms with E-state index in [0.717, 1.165) is 0 Å².